The molecule has 1 aliphatic heterocycles. The van der Waals surface area contributed by atoms with E-state index in [1.807, 2.05) is 28.4 Å². The number of likely N-dealkylation sites (tertiary alicyclic amines) is 1. The van der Waals surface area contributed by atoms with E-state index in [1.165, 1.54) is 16.2 Å². The number of carbonyl (C=O) groups excluding carboxylic acids is 1. The molecule has 122 valence electrons. The molecule has 0 radical (unpaired) electrons. The van der Waals surface area contributed by atoms with E-state index in [0.29, 0.717) is 17.9 Å². The molecule has 5 heteroatoms. The van der Waals surface area contributed by atoms with Gasteiger partial charge in [0.2, 0.25) is 0 Å². The summed E-state index contributed by atoms with van der Waals surface area (Å²) in [6.45, 7) is 4.59. The Hall–Kier alpha value is -1.88. The van der Waals surface area contributed by atoms with Crippen LogP contribution in [0.15, 0.2) is 30.5 Å². The van der Waals surface area contributed by atoms with Gasteiger partial charge in [0.25, 0.3) is 5.91 Å². The molecule has 3 rings (SSSR count). The Morgan fingerprint density at radius 1 is 1.22 bits per heavy atom. The lowest BCUT2D eigenvalue weighted by Gasteiger charge is -2.27. The van der Waals surface area contributed by atoms with Gasteiger partial charge in [-0.05, 0) is 49.9 Å². The summed E-state index contributed by atoms with van der Waals surface area (Å²) >= 11 is 1.81. The van der Waals surface area contributed by atoms with Crippen LogP contribution in [0.5, 0.6) is 0 Å². The molecule has 1 N–H and O–H groups in total. The molecule has 0 aliphatic carbocycles. The highest BCUT2D eigenvalue weighted by Crippen LogP contribution is 2.21. The third-order valence-electron chi connectivity index (χ3n) is 4.18. The molecule has 4 nitrogen and oxygen atoms in total. The van der Waals surface area contributed by atoms with Gasteiger partial charge >= 0.3 is 0 Å². The number of carbonyl (C=O) groups is 1. The van der Waals surface area contributed by atoms with Gasteiger partial charge in [0.05, 0.1) is 12.1 Å². The Morgan fingerprint density at radius 2 is 2.00 bits per heavy atom. The van der Waals surface area contributed by atoms with E-state index in [0.717, 1.165) is 32.4 Å². The molecule has 0 atom stereocenters. The smallest absolute Gasteiger partial charge is 0.257 e. The zero-order valence-corrected chi connectivity index (χ0v) is 14.4. The zero-order valence-electron chi connectivity index (χ0n) is 13.5. The third-order valence-corrected chi connectivity index (χ3v) is 5.41. The summed E-state index contributed by atoms with van der Waals surface area (Å²) in [6.07, 6.45) is 6.22. The summed E-state index contributed by atoms with van der Waals surface area (Å²) in [4.78, 5) is 21.7. The number of aryl methyl sites for hydroxylation is 1. The maximum atomic E-state index is 12.7. The molecule has 1 saturated heterocycles. The average molecular weight is 329 g/mol. The minimum Gasteiger partial charge on any atom is -0.365 e. The molecule has 2 aromatic heterocycles. The van der Waals surface area contributed by atoms with Crippen molar-refractivity contribution in [3.05, 3.63) is 45.8 Å². The van der Waals surface area contributed by atoms with E-state index < -0.39 is 0 Å². The summed E-state index contributed by atoms with van der Waals surface area (Å²) in [5, 5.41) is 3.34. The van der Waals surface area contributed by atoms with E-state index in [2.05, 4.69) is 29.4 Å². The fraction of sp³-hybridized carbons (Fsp3) is 0.444. The van der Waals surface area contributed by atoms with Gasteiger partial charge in [-0.2, -0.15) is 0 Å². The van der Waals surface area contributed by atoms with Crippen LogP contribution in [0.1, 0.15) is 46.3 Å². The molecule has 2 aromatic rings. The Labute approximate surface area is 141 Å². The highest BCUT2D eigenvalue weighted by molar-refractivity contribution is 7.12. The van der Waals surface area contributed by atoms with E-state index in [9.17, 15) is 4.79 Å². The minimum atomic E-state index is 0.0979. The Balaban J connectivity index is 1.70. The van der Waals surface area contributed by atoms with Gasteiger partial charge in [0.15, 0.2) is 0 Å². The first-order valence-corrected chi connectivity index (χ1v) is 9.15. The van der Waals surface area contributed by atoms with Crippen molar-refractivity contribution < 1.29 is 4.79 Å². The van der Waals surface area contributed by atoms with Crippen molar-refractivity contribution >= 4 is 23.1 Å². The average Bonchev–Trinajstić information content (AvgIpc) is 3.08. The normalized spacial score (nSPS) is 14.7. The molecular formula is C18H23N3OS. The first-order chi connectivity index (χ1) is 11.3. The Bertz CT molecular complexity index is 662. The van der Waals surface area contributed by atoms with Gasteiger partial charge in [0, 0.05) is 29.0 Å². The number of nitrogens with zero attached hydrogens (tertiary/aromatic N) is 2. The molecule has 0 unspecified atom stereocenters. The topological polar surface area (TPSA) is 45.2 Å². The van der Waals surface area contributed by atoms with Gasteiger partial charge in [0.1, 0.15) is 5.82 Å². The minimum absolute atomic E-state index is 0.0979. The molecule has 1 fully saturated rings. The maximum Gasteiger partial charge on any atom is 0.257 e. The number of piperidine rings is 1. The molecule has 1 amide bonds. The zero-order chi connectivity index (χ0) is 16.1. The Morgan fingerprint density at radius 3 is 2.74 bits per heavy atom. The molecule has 3 heterocycles. The van der Waals surface area contributed by atoms with Crippen LogP contribution in [-0.4, -0.2) is 28.9 Å². The lowest BCUT2D eigenvalue weighted by molar-refractivity contribution is 0.0725. The number of aromatic nitrogens is 1. The van der Waals surface area contributed by atoms with Crippen molar-refractivity contribution in [3.63, 3.8) is 0 Å². The fourth-order valence-electron chi connectivity index (χ4n) is 2.86. The predicted octanol–water partition coefficient (Wildman–Crippen LogP) is 3.94. The molecule has 23 heavy (non-hydrogen) atoms. The molecule has 0 saturated carbocycles. The van der Waals surface area contributed by atoms with Crippen LogP contribution in [-0.2, 0) is 13.0 Å². The van der Waals surface area contributed by atoms with Crippen LogP contribution in [0.3, 0.4) is 0 Å². The number of hydrogen-bond acceptors (Lipinski definition) is 4. The molecule has 0 bridgehead atoms. The maximum absolute atomic E-state index is 12.7. The van der Waals surface area contributed by atoms with Crippen molar-refractivity contribution in [2.45, 2.75) is 39.2 Å². The van der Waals surface area contributed by atoms with Crippen molar-refractivity contribution in [2.75, 3.05) is 18.4 Å². The number of anilines is 1. The number of thiophene rings is 1. The van der Waals surface area contributed by atoms with Crippen molar-refractivity contribution in [2.24, 2.45) is 0 Å². The summed E-state index contributed by atoms with van der Waals surface area (Å²) in [5.74, 6) is 0.787. The van der Waals surface area contributed by atoms with Crippen LogP contribution in [0, 0.1) is 0 Å². The van der Waals surface area contributed by atoms with E-state index in [-0.39, 0.29) is 5.91 Å². The second-order valence-electron chi connectivity index (χ2n) is 5.83. The molecule has 1 aliphatic rings. The first kappa shape index (κ1) is 16.0. The summed E-state index contributed by atoms with van der Waals surface area (Å²) < 4.78 is 0. The second-order valence-corrected chi connectivity index (χ2v) is 7.08. The monoisotopic (exact) mass is 329 g/mol. The quantitative estimate of drug-likeness (QED) is 0.903. The highest BCUT2D eigenvalue weighted by atomic mass is 32.1. The van der Waals surface area contributed by atoms with Gasteiger partial charge < -0.3 is 10.2 Å². The predicted molar refractivity (Wildman–Crippen MR) is 95.0 cm³/mol. The lowest BCUT2D eigenvalue weighted by atomic mass is 10.1. The summed E-state index contributed by atoms with van der Waals surface area (Å²) in [6, 6.07) is 8.02. The number of pyridine rings is 1. The largest absolute Gasteiger partial charge is 0.365 e. The second kappa shape index (κ2) is 7.59. The number of rotatable bonds is 5. The lowest BCUT2D eigenvalue weighted by Crippen LogP contribution is -2.36. The van der Waals surface area contributed by atoms with Crippen LogP contribution >= 0.6 is 11.3 Å². The van der Waals surface area contributed by atoms with Crippen LogP contribution in [0.25, 0.3) is 0 Å². The SMILES string of the molecule is CCc1ccc(CNc2ncccc2C(=O)N2CCCCC2)s1. The van der Waals surface area contributed by atoms with Gasteiger partial charge in [-0.3, -0.25) is 4.79 Å². The molecule has 0 spiro atoms. The van der Waals surface area contributed by atoms with Crippen molar-refractivity contribution in [1.82, 2.24) is 9.88 Å². The first-order valence-electron chi connectivity index (χ1n) is 8.33. The standard InChI is InChI=1S/C18H23N3OS/c1-2-14-8-9-15(23-14)13-20-17-16(7-6-10-19-17)18(22)21-11-4-3-5-12-21/h6-10H,2-5,11-13H2,1H3,(H,19,20). The van der Waals surface area contributed by atoms with Gasteiger partial charge in [-0.15, -0.1) is 11.3 Å². The van der Waals surface area contributed by atoms with Crippen molar-refractivity contribution in [1.29, 1.82) is 0 Å². The highest BCUT2D eigenvalue weighted by Gasteiger charge is 2.21. The number of nitrogens with one attached hydrogen (secondary N) is 1. The van der Waals surface area contributed by atoms with E-state index in [4.69, 9.17) is 0 Å². The van der Waals surface area contributed by atoms with Crippen LogP contribution in [0.4, 0.5) is 5.82 Å². The van der Waals surface area contributed by atoms with E-state index in [1.54, 1.807) is 6.20 Å². The van der Waals surface area contributed by atoms with Crippen LogP contribution in [0.2, 0.25) is 0 Å². The number of hydrogen-bond donors (Lipinski definition) is 1. The van der Waals surface area contributed by atoms with E-state index >= 15 is 0 Å². The molecule has 0 aromatic carbocycles. The summed E-state index contributed by atoms with van der Waals surface area (Å²) in [7, 11) is 0. The van der Waals surface area contributed by atoms with Crippen LogP contribution < -0.4 is 5.32 Å². The summed E-state index contributed by atoms with van der Waals surface area (Å²) in [5.41, 5.74) is 0.682. The fourth-order valence-corrected chi connectivity index (χ4v) is 3.76. The van der Waals surface area contributed by atoms with Gasteiger partial charge in [-0.25, -0.2) is 4.98 Å². The van der Waals surface area contributed by atoms with Gasteiger partial charge in [-0.1, -0.05) is 6.92 Å². The Kier molecular flexibility index (Phi) is 5.28. The molecular weight excluding hydrogens is 306 g/mol. The number of amides is 1. The third kappa shape index (κ3) is 3.91. The van der Waals surface area contributed by atoms with Crippen molar-refractivity contribution in [3.8, 4) is 0 Å².